The molecule has 2 N–H and O–H groups in total. The number of urea groups is 1. The molecule has 112 valence electrons. The molecule has 5 heteroatoms. The minimum atomic E-state index is -0.815. The zero-order chi connectivity index (χ0) is 15.2. The van der Waals surface area contributed by atoms with Gasteiger partial charge in [0.25, 0.3) is 5.91 Å². The molecule has 0 aromatic heterocycles. The number of hydrogen-bond donors (Lipinski definition) is 2. The zero-order valence-electron chi connectivity index (χ0n) is 12.6. The summed E-state index contributed by atoms with van der Waals surface area (Å²) in [5, 5.41) is 5.33. The molecule has 1 spiro atoms. The molecule has 0 bridgehead atoms. The summed E-state index contributed by atoms with van der Waals surface area (Å²) in [5.41, 5.74) is 0.358. The second-order valence-electron chi connectivity index (χ2n) is 6.26. The van der Waals surface area contributed by atoms with Crippen LogP contribution in [0.25, 0.3) is 0 Å². The molecule has 3 rings (SSSR count). The lowest BCUT2D eigenvalue weighted by Crippen LogP contribution is -2.65. The van der Waals surface area contributed by atoms with Crippen LogP contribution in [0.5, 0.6) is 0 Å². The maximum Gasteiger partial charge on any atom is 0.322 e. The van der Waals surface area contributed by atoms with Crippen molar-refractivity contribution in [2.45, 2.75) is 25.4 Å². The molecule has 0 saturated carbocycles. The molecule has 2 heterocycles. The molecule has 2 fully saturated rings. The van der Waals surface area contributed by atoms with Gasteiger partial charge in [-0.2, -0.15) is 0 Å². The maximum atomic E-state index is 12.5. The van der Waals surface area contributed by atoms with Crippen LogP contribution < -0.4 is 10.6 Å². The first-order chi connectivity index (χ1) is 9.96. The number of nitrogens with one attached hydrogen (secondary N) is 2. The van der Waals surface area contributed by atoms with E-state index in [4.69, 9.17) is 0 Å². The van der Waals surface area contributed by atoms with Crippen LogP contribution in [0.4, 0.5) is 4.79 Å². The summed E-state index contributed by atoms with van der Waals surface area (Å²) >= 11 is 0. The van der Waals surface area contributed by atoms with E-state index in [1.807, 2.05) is 25.1 Å². The van der Waals surface area contributed by atoms with E-state index >= 15 is 0 Å². The number of piperidine rings is 1. The maximum absolute atomic E-state index is 12.5. The number of amides is 3. The SMILES string of the molecule is C[C@@H]1CN(C)[C@H](c2ccccc2)[C@@H](C)[C@@]12NC(=O)NC2=O. The molecule has 5 nitrogen and oxygen atoms in total. The van der Waals surface area contributed by atoms with Crippen LogP contribution in [-0.4, -0.2) is 36.0 Å². The second-order valence-corrected chi connectivity index (χ2v) is 6.26. The van der Waals surface area contributed by atoms with E-state index in [1.54, 1.807) is 0 Å². The number of imide groups is 1. The van der Waals surface area contributed by atoms with E-state index in [2.05, 4.69) is 41.6 Å². The number of likely N-dealkylation sites (tertiary alicyclic amines) is 1. The van der Waals surface area contributed by atoms with Gasteiger partial charge in [-0.05, 0) is 12.6 Å². The first-order valence-electron chi connectivity index (χ1n) is 7.35. The lowest BCUT2D eigenvalue weighted by molar-refractivity contribution is -0.132. The molecule has 1 aromatic rings. The largest absolute Gasteiger partial charge is 0.323 e. The topological polar surface area (TPSA) is 61.4 Å². The van der Waals surface area contributed by atoms with Gasteiger partial charge in [0.2, 0.25) is 0 Å². The van der Waals surface area contributed by atoms with Crippen molar-refractivity contribution in [3.63, 3.8) is 0 Å². The number of rotatable bonds is 1. The first-order valence-corrected chi connectivity index (χ1v) is 7.35. The van der Waals surface area contributed by atoms with E-state index in [-0.39, 0.29) is 29.8 Å². The van der Waals surface area contributed by atoms with Gasteiger partial charge in [-0.1, -0.05) is 44.2 Å². The second kappa shape index (κ2) is 4.84. The van der Waals surface area contributed by atoms with Gasteiger partial charge in [0.15, 0.2) is 0 Å². The third kappa shape index (κ3) is 1.95. The zero-order valence-corrected chi connectivity index (χ0v) is 12.6. The van der Waals surface area contributed by atoms with Crippen molar-refractivity contribution in [2.75, 3.05) is 13.6 Å². The quantitative estimate of drug-likeness (QED) is 0.770. The molecule has 0 radical (unpaired) electrons. The van der Waals surface area contributed by atoms with Crippen LogP contribution in [0.1, 0.15) is 25.5 Å². The van der Waals surface area contributed by atoms with E-state index in [1.165, 1.54) is 5.56 Å². The Balaban J connectivity index is 2.04. The van der Waals surface area contributed by atoms with Crippen molar-refractivity contribution in [3.05, 3.63) is 35.9 Å². The van der Waals surface area contributed by atoms with Gasteiger partial charge < -0.3 is 5.32 Å². The highest BCUT2D eigenvalue weighted by Gasteiger charge is 2.59. The van der Waals surface area contributed by atoms with Crippen molar-refractivity contribution >= 4 is 11.9 Å². The summed E-state index contributed by atoms with van der Waals surface area (Å²) in [6, 6.07) is 9.88. The average Bonchev–Trinajstić information content (AvgIpc) is 2.74. The summed E-state index contributed by atoms with van der Waals surface area (Å²) in [6.45, 7) is 4.84. The molecule has 0 unspecified atom stereocenters. The average molecular weight is 287 g/mol. The van der Waals surface area contributed by atoms with E-state index in [0.29, 0.717) is 0 Å². The number of carbonyl (C=O) groups excluding carboxylic acids is 2. The van der Waals surface area contributed by atoms with Crippen molar-refractivity contribution in [1.29, 1.82) is 0 Å². The Morgan fingerprint density at radius 1 is 1.19 bits per heavy atom. The standard InChI is InChI=1S/C16H21N3O2/c1-10-9-19(3)13(12-7-5-4-6-8-12)11(2)16(10)14(20)17-15(21)18-16/h4-8,10-11,13H,9H2,1-3H3,(H2,17,18,20,21)/t10-,11-,13+,16+/m1/s1. The van der Waals surface area contributed by atoms with Crippen molar-refractivity contribution in [2.24, 2.45) is 11.8 Å². The lowest BCUT2D eigenvalue weighted by atomic mass is 9.67. The third-order valence-corrected chi connectivity index (χ3v) is 5.07. The molecular weight excluding hydrogens is 266 g/mol. The number of carbonyl (C=O) groups is 2. The predicted molar refractivity (Wildman–Crippen MR) is 79.5 cm³/mol. The van der Waals surface area contributed by atoms with Crippen molar-refractivity contribution in [3.8, 4) is 0 Å². The minimum Gasteiger partial charge on any atom is -0.323 e. The van der Waals surface area contributed by atoms with Crippen LogP contribution >= 0.6 is 0 Å². The Labute approximate surface area is 124 Å². The highest BCUT2D eigenvalue weighted by Crippen LogP contribution is 2.44. The van der Waals surface area contributed by atoms with Crippen LogP contribution in [0.3, 0.4) is 0 Å². The van der Waals surface area contributed by atoms with Gasteiger partial charge in [-0.3, -0.25) is 15.0 Å². The molecule has 3 amide bonds. The van der Waals surface area contributed by atoms with E-state index in [0.717, 1.165) is 6.54 Å². The normalized spacial score (nSPS) is 36.6. The highest BCUT2D eigenvalue weighted by molar-refractivity contribution is 6.07. The van der Waals surface area contributed by atoms with Crippen molar-refractivity contribution < 1.29 is 9.59 Å². The molecule has 2 saturated heterocycles. The summed E-state index contributed by atoms with van der Waals surface area (Å²) < 4.78 is 0. The van der Waals surface area contributed by atoms with Gasteiger partial charge in [0.05, 0.1) is 0 Å². The highest BCUT2D eigenvalue weighted by atomic mass is 16.2. The van der Waals surface area contributed by atoms with Gasteiger partial charge in [0.1, 0.15) is 5.54 Å². The fraction of sp³-hybridized carbons (Fsp3) is 0.500. The summed E-state index contributed by atoms with van der Waals surface area (Å²) in [6.07, 6.45) is 0. The van der Waals surface area contributed by atoms with Crippen LogP contribution in [0.15, 0.2) is 30.3 Å². The third-order valence-electron chi connectivity index (χ3n) is 5.07. The monoisotopic (exact) mass is 287 g/mol. The van der Waals surface area contributed by atoms with Crippen LogP contribution in [-0.2, 0) is 4.79 Å². The summed E-state index contributed by atoms with van der Waals surface area (Å²) in [5.74, 6) is -0.148. The van der Waals surface area contributed by atoms with Gasteiger partial charge in [0, 0.05) is 24.4 Å². The summed E-state index contributed by atoms with van der Waals surface area (Å²) in [7, 11) is 2.08. The molecule has 2 aliphatic rings. The Hall–Kier alpha value is -1.88. The Kier molecular flexibility index (Phi) is 3.24. The Morgan fingerprint density at radius 2 is 1.86 bits per heavy atom. The molecule has 0 aliphatic carbocycles. The fourth-order valence-electron chi connectivity index (χ4n) is 4.11. The predicted octanol–water partition coefficient (Wildman–Crippen LogP) is 1.52. The van der Waals surface area contributed by atoms with Crippen LogP contribution in [0.2, 0.25) is 0 Å². The summed E-state index contributed by atoms with van der Waals surface area (Å²) in [4.78, 5) is 26.4. The van der Waals surface area contributed by atoms with Crippen LogP contribution in [0, 0.1) is 11.8 Å². The fourth-order valence-corrected chi connectivity index (χ4v) is 4.11. The van der Waals surface area contributed by atoms with Gasteiger partial charge in [-0.25, -0.2) is 4.79 Å². The number of benzene rings is 1. The smallest absolute Gasteiger partial charge is 0.322 e. The molecule has 21 heavy (non-hydrogen) atoms. The minimum absolute atomic E-state index is 0.0138. The van der Waals surface area contributed by atoms with E-state index < -0.39 is 5.54 Å². The Bertz CT molecular complexity index is 574. The number of nitrogens with zero attached hydrogens (tertiary/aromatic N) is 1. The van der Waals surface area contributed by atoms with Gasteiger partial charge in [-0.15, -0.1) is 0 Å². The molecular formula is C16H21N3O2. The van der Waals surface area contributed by atoms with Crippen molar-refractivity contribution in [1.82, 2.24) is 15.5 Å². The number of hydrogen-bond acceptors (Lipinski definition) is 3. The Morgan fingerprint density at radius 3 is 2.43 bits per heavy atom. The van der Waals surface area contributed by atoms with E-state index in [9.17, 15) is 9.59 Å². The molecule has 4 atom stereocenters. The first kappa shape index (κ1) is 14.1. The van der Waals surface area contributed by atoms with Gasteiger partial charge >= 0.3 is 6.03 Å². The molecule has 1 aromatic carbocycles. The molecule has 2 aliphatic heterocycles. The lowest BCUT2D eigenvalue weighted by Gasteiger charge is -2.50.